The molecule has 104 valence electrons. The number of carboxylic acids is 1. The maximum absolute atomic E-state index is 12.2. The molecular formula is C14H25NO3. The number of aliphatic carboxylic acids is 1. The van der Waals surface area contributed by atoms with Crippen LogP contribution in [0.3, 0.4) is 0 Å². The first-order valence-electron chi connectivity index (χ1n) is 6.94. The van der Waals surface area contributed by atoms with Gasteiger partial charge in [0, 0.05) is 13.0 Å². The van der Waals surface area contributed by atoms with Crippen molar-refractivity contribution in [2.24, 2.45) is 11.8 Å². The van der Waals surface area contributed by atoms with E-state index in [1.807, 2.05) is 0 Å². The molecule has 0 radical (unpaired) electrons. The Balaban J connectivity index is 2.55. The Labute approximate surface area is 109 Å². The van der Waals surface area contributed by atoms with Crippen LogP contribution in [0.1, 0.15) is 52.9 Å². The molecule has 0 bridgehead atoms. The zero-order chi connectivity index (χ0) is 13.7. The van der Waals surface area contributed by atoms with Crippen LogP contribution in [-0.4, -0.2) is 34.5 Å². The predicted octanol–water partition coefficient (Wildman–Crippen LogP) is 2.52. The monoisotopic (exact) mass is 255 g/mol. The number of hydrogen-bond acceptors (Lipinski definition) is 2. The third kappa shape index (κ3) is 4.31. The molecule has 1 aliphatic heterocycles. The number of nitrogens with zero attached hydrogens (tertiary/aromatic N) is 1. The molecule has 1 unspecified atom stereocenters. The van der Waals surface area contributed by atoms with Gasteiger partial charge in [-0.25, -0.2) is 4.79 Å². The van der Waals surface area contributed by atoms with Gasteiger partial charge in [0.2, 0.25) is 5.91 Å². The largest absolute Gasteiger partial charge is 0.480 e. The lowest BCUT2D eigenvalue weighted by Gasteiger charge is -2.33. The van der Waals surface area contributed by atoms with E-state index in [1.54, 1.807) is 4.90 Å². The van der Waals surface area contributed by atoms with Crippen LogP contribution in [0.25, 0.3) is 0 Å². The van der Waals surface area contributed by atoms with Gasteiger partial charge < -0.3 is 10.0 Å². The highest BCUT2D eigenvalue weighted by atomic mass is 16.4. The number of piperidine rings is 1. The molecular weight excluding hydrogens is 230 g/mol. The highest BCUT2D eigenvalue weighted by Crippen LogP contribution is 2.21. The number of amides is 1. The Hall–Kier alpha value is -1.06. The molecule has 4 nitrogen and oxygen atoms in total. The van der Waals surface area contributed by atoms with Crippen molar-refractivity contribution in [1.82, 2.24) is 4.90 Å². The smallest absolute Gasteiger partial charge is 0.326 e. The summed E-state index contributed by atoms with van der Waals surface area (Å²) in [6.07, 6.45) is 3.91. The van der Waals surface area contributed by atoms with E-state index < -0.39 is 12.0 Å². The SMILES string of the molecule is CC(C)CC(C)CC(=O)N1CCCC[C@@H]1C(=O)O. The van der Waals surface area contributed by atoms with E-state index in [0.717, 1.165) is 19.3 Å². The van der Waals surface area contributed by atoms with Crippen LogP contribution in [0.2, 0.25) is 0 Å². The molecule has 1 amide bonds. The fourth-order valence-corrected chi connectivity index (χ4v) is 2.79. The topological polar surface area (TPSA) is 57.6 Å². The van der Waals surface area contributed by atoms with E-state index in [4.69, 9.17) is 5.11 Å². The Kier molecular flexibility index (Phi) is 5.63. The maximum atomic E-state index is 12.2. The Morgan fingerprint density at radius 3 is 2.50 bits per heavy atom. The van der Waals surface area contributed by atoms with E-state index in [0.29, 0.717) is 31.2 Å². The summed E-state index contributed by atoms with van der Waals surface area (Å²) < 4.78 is 0. The summed E-state index contributed by atoms with van der Waals surface area (Å²) in [5.74, 6) is 0.0492. The molecule has 0 aromatic heterocycles. The van der Waals surface area contributed by atoms with Crippen LogP contribution < -0.4 is 0 Å². The zero-order valence-electron chi connectivity index (χ0n) is 11.7. The van der Waals surface area contributed by atoms with Crippen molar-refractivity contribution in [2.75, 3.05) is 6.54 Å². The van der Waals surface area contributed by atoms with Gasteiger partial charge >= 0.3 is 5.97 Å². The molecule has 1 heterocycles. The van der Waals surface area contributed by atoms with Crippen LogP contribution in [-0.2, 0) is 9.59 Å². The molecule has 1 saturated heterocycles. The zero-order valence-corrected chi connectivity index (χ0v) is 11.7. The summed E-state index contributed by atoms with van der Waals surface area (Å²) in [5.41, 5.74) is 0. The van der Waals surface area contributed by atoms with Crippen molar-refractivity contribution < 1.29 is 14.7 Å². The highest BCUT2D eigenvalue weighted by Gasteiger charge is 2.32. The summed E-state index contributed by atoms with van der Waals surface area (Å²) in [6, 6.07) is -0.600. The van der Waals surface area contributed by atoms with Crippen molar-refractivity contribution in [3.63, 3.8) is 0 Å². The molecule has 1 aliphatic rings. The van der Waals surface area contributed by atoms with Crippen LogP contribution in [0.5, 0.6) is 0 Å². The summed E-state index contributed by atoms with van der Waals surface area (Å²) in [6.45, 7) is 6.95. The van der Waals surface area contributed by atoms with E-state index in [2.05, 4.69) is 20.8 Å². The summed E-state index contributed by atoms with van der Waals surface area (Å²) in [5, 5.41) is 9.14. The molecule has 0 aromatic carbocycles. The molecule has 1 N–H and O–H groups in total. The second kappa shape index (κ2) is 6.76. The standard InChI is InChI=1S/C14H25NO3/c1-10(2)8-11(3)9-13(16)15-7-5-4-6-12(15)14(17)18/h10-12H,4-9H2,1-3H3,(H,17,18)/t11?,12-/m1/s1. The van der Waals surface area contributed by atoms with Crippen LogP contribution >= 0.6 is 0 Å². The molecule has 0 saturated carbocycles. The average molecular weight is 255 g/mol. The first kappa shape index (κ1) is 15.0. The van der Waals surface area contributed by atoms with E-state index in [9.17, 15) is 9.59 Å². The predicted molar refractivity (Wildman–Crippen MR) is 70.2 cm³/mol. The van der Waals surface area contributed by atoms with Crippen molar-refractivity contribution in [3.8, 4) is 0 Å². The third-order valence-corrected chi connectivity index (χ3v) is 3.51. The number of hydrogen-bond donors (Lipinski definition) is 1. The minimum Gasteiger partial charge on any atom is -0.480 e. The van der Waals surface area contributed by atoms with Crippen LogP contribution in [0, 0.1) is 11.8 Å². The maximum Gasteiger partial charge on any atom is 0.326 e. The normalized spacial score (nSPS) is 22.0. The van der Waals surface area contributed by atoms with Gasteiger partial charge in [-0.15, -0.1) is 0 Å². The minimum atomic E-state index is -0.862. The molecule has 0 aromatic rings. The molecule has 1 rings (SSSR count). The second-order valence-corrected chi connectivity index (χ2v) is 5.88. The number of likely N-dealkylation sites (tertiary alicyclic amines) is 1. The lowest BCUT2D eigenvalue weighted by molar-refractivity contribution is -0.152. The Bertz CT molecular complexity index is 301. The number of carbonyl (C=O) groups excluding carboxylic acids is 1. The number of carboxylic acid groups (broad SMARTS) is 1. The van der Waals surface area contributed by atoms with Crippen LogP contribution in [0.15, 0.2) is 0 Å². The molecule has 1 fully saturated rings. The fraction of sp³-hybridized carbons (Fsp3) is 0.857. The van der Waals surface area contributed by atoms with Gasteiger partial charge in [0.05, 0.1) is 0 Å². The average Bonchev–Trinajstić information content (AvgIpc) is 2.27. The highest BCUT2D eigenvalue weighted by molar-refractivity contribution is 5.84. The Morgan fingerprint density at radius 1 is 1.28 bits per heavy atom. The van der Waals surface area contributed by atoms with Crippen molar-refractivity contribution in [2.45, 2.75) is 58.9 Å². The van der Waals surface area contributed by atoms with Crippen molar-refractivity contribution in [1.29, 1.82) is 0 Å². The third-order valence-electron chi connectivity index (χ3n) is 3.51. The first-order chi connectivity index (χ1) is 8.41. The van der Waals surface area contributed by atoms with E-state index >= 15 is 0 Å². The summed E-state index contributed by atoms with van der Waals surface area (Å²) >= 11 is 0. The number of carbonyl (C=O) groups is 2. The van der Waals surface area contributed by atoms with Crippen LogP contribution in [0.4, 0.5) is 0 Å². The van der Waals surface area contributed by atoms with Gasteiger partial charge in [0.1, 0.15) is 6.04 Å². The summed E-state index contributed by atoms with van der Waals surface area (Å²) in [7, 11) is 0. The lowest BCUT2D eigenvalue weighted by Crippen LogP contribution is -2.48. The molecule has 4 heteroatoms. The molecule has 0 spiro atoms. The second-order valence-electron chi connectivity index (χ2n) is 5.88. The van der Waals surface area contributed by atoms with Gasteiger partial charge in [0.25, 0.3) is 0 Å². The van der Waals surface area contributed by atoms with Gasteiger partial charge in [-0.2, -0.15) is 0 Å². The number of rotatable bonds is 5. The van der Waals surface area contributed by atoms with Gasteiger partial charge in [-0.1, -0.05) is 20.8 Å². The first-order valence-corrected chi connectivity index (χ1v) is 6.94. The van der Waals surface area contributed by atoms with Gasteiger partial charge in [-0.3, -0.25) is 4.79 Å². The van der Waals surface area contributed by atoms with Gasteiger partial charge in [0.15, 0.2) is 0 Å². The molecule has 2 atom stereocenters. The quantitative estimate of drug-likeness (QED) is 0.821. The summed E-state index contributed by atoms with van der Waals surface area (Å²) in [4.78, 5) is 24.9. The van der Waals surface area contributed by atoms with Crippen molar-refractivity contribution in [3.05, 3.63) is 0 Å². The molecule has 18 heavy (non-hydrogen) atoms. The fourth-order valence-electron chi connectivity index (χ4n) is 2.79. The molecule has 0 aliphatic carbocycles. The Morgan fingerprint density at radius 2 is 1.94 bits per heavy atom. The van der Waals surface area contributed by atoms with E-state index in [-0.39, 0.29) is 5.91 Å². The van der Waals surface area contributed by atoms with Gasteiger partial charge in [-0.05, 0) is 37.5 Å². The van der Waals surface area contributed by atoms with E-state index in [1.165, 1.54) is 0 Å². The minimum absolute atomic E-state index is 0.00949. The lowest BCUT2D eigenvalue weighted by atomic mass is 9.94. The van der Waals surface area contributed by atoms with Crippen molar-refractivity contribution >= 4 is 11.9 Å².